The number of amides is 1. The standard InChI is InChI=1S/C24H25FN2O3/c25-20-10-9-18(15-26)19(11-20)12-24(29)13-21-7-4-8-22(14-24)27(21)23(28)30-16-17-5-2-1-3-6-17/h1-3,5-6,9-11,21-22,29H,4,7-8,12-14,16H2. The van der Waals surface area contributed by atoms with Gasteiger partial charge in [0.2, 0.25) is 0 Å². The molecule has 0 aliphatic carbocycles. The van der Waals surface area contributed by atoms with Gasteiger partial charge in [-0.1, -0.05) is 30.3 Å². The lowest BCUT2D eigenvalue weighted by atomic mass is 9.73. The van der Waals surface area contributed by atoms with Gasteiger partial charge in [0.1, 0.15) is 12.4 Å². The van der Waals surface area contributed by atoms with E-state index in [-0.39, 0.29) is 31.2 Å². The lowest BCUT2D eigenvalue weighted by Crippen LogP contribution is -2.60. The van der Waals surface area contributed by atoms with Crippen LogP contribution in [0.1, 0.15) is 48.8 Å². The Bertz CT molecular complexity index is 943. The van der Waals surface area contributed by atoms with Crippen LogP contribution in [0.4, 0.5) is 9.18 Å². The first-order valence-electron chi connectivity index (χ1n) is 10.4. The number of hydrogen-bond acceptors (Lipinski definition) is 4. The topological polar surface area (TPSA) is 73.6 Å². The fourth-order valence-corrected chi connectivity index (χ4v) is 4.94. The largest absolute Gasteiger partial charge is 0.445 e. The minimum Gasteiger partial charge on any atom is -0.445 e. The highest BCUT2D eigenvalue weighted by Gasteiger charge is 2.48. The molecule has 2 aliphatic heterocycles. The molecule has 156 valence electrons. The van der Waals surface area contributed by atoms with Crippen molar-refractivity contribution in [3.63, 3.8) is 0 Å². The quantitative estimate of drug-likeness (QED) is 0.817. The molecule has 0 spiro atoms. The van der Waals surface area contributed by atoms with Crippen LogP contribution in [0.25, 0.3) is 0 Å². The van der Waals surface area contributed by atoms with Gasteiger partial charge in [0.05, 0.1) is 17.2 Å². The molecular formula is C24H25FN2O3. The van der Waals surface area contributed by atoms with E-state index in [0.717, 1.165) is 24.8 Å². The fraction of sp³-hybridized carbons (Fsp3) is 0.417. The van der Waals surface area contributed by atoms with Gasteiger partial charge in [0, 0.05) is 18.5 Å². The van der Waals surface area contributed by atoms with Crippen molar-refractivity contribution < 1.29 is 19.0 Å². The fourth-order valence-electron chi connectivity index (χ4n) is 4.94. The van der Waals surface area contributed by atoms with E-state index < -0.39 is 11.4 Å². The number of aliphatic hydroxyl groups is 1. The number of halogens is 1. The number of nitrogens with zero attached hydrogens (tertiary/aromatic N) is 2. The molecule has 1 N–H and O–H groups in total. The Morgan fingerprint density at radius 3 is 2.57 bits per heavy atom. The van der Waals surface area contributed by atoms with Crippen LogP contribution >= 0.6 is 0 Å². The highest BCUT2D eigenvalue weighted by molar-refractivity contribution is 5.69. The number of fused-ring (bicyclic) bond motifs is 2. The molecular weight excluding hydrogens is 383 g/mol. The van der Waals surface area contributed by atoms with Crippen LogP contribution in [-0.2, 0) is 17.8 Å². The van der Waals surface area contributed by atoms with Crippen molar-refractivity contribution in [1.29, 1.82) is 5.26 Å². The number of carbonyl (C=O) groups is 1. The van der Waals surface area contributed by atoms with E-state index in [1.165, 1.54) is 18.2 Å². The van der Waals surface area contributed by atoms with Crippen molar-refractivity contribution in [3.05, 3.63) is 71.0 Å². The first-order chi connectivity index (χ1) is 14.5. The van der Waals surface area contributed by atoms with Gasteiger partial charge in [0.25, 0.3) is 0 Å². The Hall–Kier alpha value is -2.91. The van der Waals surface area contributed by atoms with Gasteiger partial charge in [-0.3, -0.25) is 0 Å². The predicted octanol–water partition coefficient (Wildman–Crippen LogP) is 4.32. The third-order valence-corrected chi connectivity index (χ3v) is 6.22. The Kier molecular flexibility index (Phi) is 5.74. The SMILES string of the molecule is N#Cc1ccc(F)cc1CC1(O)CC2CCCC(C1)N2C(=O)OCc1ccccc1. The normalized spacial score (nSPS) is 25.4. The molecule has 2 unspecified atom stereocenters. The third-order valence-electron chi connectivity index (χ3n) is 6.22. The van der Waals surface area contributed by atoms with Crippen LogP contribution in [0, 0.1) is 17.1 Å². The zero-order valence-electron chi connectivity index (χ0n) is 16.8. The number of nitriles is 1. The van der Waals surface area contributed by atoms with Crippen molar-refractivity contribution in [2.45, 2.75) is 62.8 Å². The molecule has 5 nitrogen and oxygen atoms in total. The smallest absolute Gasteiger partial charge is 0.410 e. The number of rotatable bonds is 4. The van der Waals surface area contributed by atoms with Crippen LogP contribution < -0.4 is 0 Å². The van der Waals surface area contributed by atoms with Crippen molar-refractivity contribution in [1.82, 2.24) is 4.90 Å². The van der Waals surface area contributed by atoms with E-state index >= 15 is 0 Å². The van der Waals surface area contributed by atoms with Crippen molar-refractivity contribution in [2.75, 3.05) is 0 Å². The van der Waals surface area contributed by atoms with Crippen LogP contribution in [0.5, 0.6) is 0 Å². The summed E-state index contributed by atoms with van der Waals surface area (Å²) < 4.78 is 19.3. The van der Waals surface area contributed by atoms with Crippen molar-refractivity contribution >= 4 is 6.09 Å². The zero-order chi connectivity index (χ0) is 21.1. The molecule has 2 aromatic carbocycles. The van der Waals surface area contributed by atoms with Crippen LogP contribution in [0.15, 0.2) is 48.5 Å². The molecule has 30 heavy (non-hydrogen) atoms. The van der Waals surface area contributed by atoms with E-state index in [1.807, 2.05) is 30.3 Å². The molecule has 4 rings (SSSR count). The summed E-state index contributed by atoms with van der Waals surface area (Å²) in [5.74, 6) is -0.422. The highest BCUT2D eigenvalue weighted by atomic mass is 19.1. The van der Waals surface area contributed by atoms with Gasteiger partial charge in [-0.15, -0.1) is 0 Å². The zero-order valence-corrected chi connectivity index (χ0v) is 16.8. The maximum absolute atomic E-state index is 13.7. The first-order valence-corrected chi connectivity index (χ1v) is 10.4. The van der Waals surface area contributed by atoms with Crippen LogP contribution in [-0.4, -0.2) is 33.8 Å². The number of ether oxygens (including phenoxy) is 1. The predicted molar refractivity (Wildman–Crippen MR) is 109 cm³/mol. The van der Waals surface area contributed by atoms with Crippen molar-refractivity contribution in [3.8, 4) is 6.07 Å². The monoisotopic (exact) mass is 408 g/mol. The Morgan fingerprint density at radius 2 is 1.90 bits per heavy atom. The van der Waals surface area contributed by atoms with Gasteiger partial charge in [-0.2, -0.15) is 5.26 Å². The molecule has 2 aliphatic rings. The second kappa shape index (κ2) is 8.45. The molecule has 0 saturated carbocycles. The summed E-state index contributed by atoms with van der Waals surface area (Å²) in [6.45, 7) is 0.217. The lowest BCUT2D eigenvalue weighted by Gasteiger charge is -2.51. The van der Waals surface area contributed by atoms with Gasteiger partial charge in [-0.25, -0.2) is 9.18 Å². The van der Waals surface area contributed by atoms with Crippen LogP contribution in [0.3, 0.4) is 0 Å². The van der Waals surface area contributed by atoms with E-state index in [4.69, 9.17) is 4.74 Å². The van der Waals surface area contributed by atoms with Gasteiger partial charge >= 0.3 is 6.09 Å². The molecule has 2 fully saturated rings. The lowest BCUT2D eigenvalue weighted by molar-refractivity contribution is -0.0846. The summed E-state index contributed by atoms with van der Waals surface area (Å²) in [4.78, 5) is 14.6. The average Bonchev–Trinajstić information content (AvgIpc) is 2.72. The molecule has 2 heterocycles. The summed E-state index contributed by atoms with van der Waals surface area (Å²) in [5, 5.41) is 20.7. The summed E-state index contributed by atoms with van der Waals surface area (Å²) in [5.41, 5.74) is 0.739. The Labute approximate surface area is 175 Å². The summed E-state index contributed by atoms with van der Waals surface area (Å²) in [6, 6.07) is 15.4. The number of benzene rings is 2. The van der Waals surface area contributed by atoms with E-state index in [0.29, 0.717) is 24.0 Å². The van der Waals surface area contributed by atoms with Crippen molar-refractivity contribution in [2.24, 2.45) is 0 Å². The Balaban J connectivity index is 1.47. The number of piperidine rings is 2. The number of carbonyl (C=O) groups excluding carboxylic acids is 1. The molecule has 2 aromatic rings. The van der Waals surface area contributed by atoms with Gasteiger partial charge < -0.3 is 14.7 Å². The maximum atomic E-state index is 13.7. The molecule has 0 radical (unpaired) electrons. The second-order valence-corrected chi connectivity index (χ2v) is 8.41. The second-order valence-electron chi connectivity index (χ2n) is 8.41. The van der Waals surface area contributed by atoms with E-state index in [2.05, 4.69) is 6.07 Å². The highest BCUT2D eigenvalue weighted by Crippen LogP contribution is 2.41. The molecule has 2 atom stereocenters. The molecule has 6 heteroatoms. The van der Waals surface area contributed by atoms with Crippen LogP contribution in [0.2, 0.25) is 0 Å². The van der Waals surface area contributed by atoms with Gasteiger partial charge in [-0.05, 0) is 61.4 Å². The van der Waals surface area contributed by atoms with E-state index in [1.54, 1.807) is 4.90 Å². The Morgan fingerprint density at radius 1 is 1.20 bits per heavy atom. The maximum Gasteiger partial charge on any atom is 0.410 e. The summed E-state index contributed by atoms with van der Waals surface area (Å²) in [7, 11) is 0. The van der Waals surface area contributed by atoms with E-state index in [9.17, 15) is 19.6 Å². The first kappa shape index (κ1) is 20.4. The number of hydrogen-bond donors (Lipinski definition) is 1. The molecule has 0 aromatic heterocycles. The minimum absolute atomic E-state index is 0.120. The molecule has 2 saturated heterocycles. The van der Waals surface area contributed by atoms with Gasteiger partial charge in [0.15, 0.2) is 0 Å². The summed E-state index contributed by atoms with van der Waals surface area (Å²) in [6.07, 6.45) is 3.24. The third kappa shape index (κ3) is 4.31. The minimum atomic E-state index is -1.08. The molecule has 2 bridgehead atoms. The molecule has 1 amide bonds. The average molecular weight is 408 g/mol. The summed E-state index contributed by atoms with van der Waals surface area (Å²) >= 11 is 0.